The fourth-order valence-electron chi connectivity index (χ4n) is 12.4. The molecule has 0 aliphatic heterocycles. The van der Waals surface area contributed by atoms with Crippen LogP contribution in [0.25, 0.3) is 56.7 Å². The average molecular weight is 1040 g/mol. The lowest BCUT2D eigenvalue weighted by Gasteiger charge is -2.36. The van der Waals surface area contributed by atoms with E-state index in [1.807, 2.05) is 170 Å². The molecule has 0 heterocycles. The van der Waals surface area contributed by atoms with Crippen molar-refractivity contribution in [3.05, 3.63) is 340 Å². The number of hydrogen-bond acceptors (Lipinski definition) is 1. The van der Waals surface area contributed by atoms with E-state index >= 15 is 26.3 Å². The van der Waals surface area contributed by atoms with Crippen LogP contribution in [0.15, 0.2) is 250 Å². The van der Waals surface area contributed by atoms with Crippen molar-refractivity contribution in [1.29, 1.82) is 0 Å². The minimum absolute atomic E-state index is 0.188. The molecule has 0 N–H and O–H groups in total. The lowest BCUT2D eigenvalue weighted by Crippen LogP contribution is -2.30. The van der Waals surface area contributed by atoms with E-state index in [1.165, 1.54) is 0 Å². The van der Waals surface area contributed by atoms with Gasteiger partial charge < -0.3 is 4.90 Å². The normalized spacial score (nSPS) is 15.7. The molecule has 0 aromatic heterocycles. The van der Waals surface area contributed by atoms with Gasteiger partial charge in [-0.2, -0.15) is 0 Å². The van der Waals surface area contributed by atoms with E-state index in [1.54, 1.807) is 12.2 Å². The van der Waals surface area contributed by atoms with Crippen LogP contribution in [0, 0.1) is 34.9 Å². The van der Waals surface area contributed by atoms with Gasteiger partial charge in [-0.05, 0) is 167 Å². The molecular weight excluding hydrogens is 993 g/mol. The molecule has 11 aromatic carbocycles. The number of benzene rings is 11. The molecule has 0 fully saturated rings. The van der Waals surface area contributed by atoms with E-state index in [0.29, 0.717) is 33.6 Å². The Kier molecular flexibility index (Phi) is 11.8. The van der Waals surface area contributed by atoms with Crippen molar-refractivity contribution in [2.24, 2.45) is 0 Å². The monoisotopic (exact) mass is 1040 g/mol. The third kappa shape index (κ3) is 7.63. The first kappa shape index (κ1) is 48.9. The van der Waals surface area contributed by atoms with Crippen LogP contribution < -0.4 is 4.90 Å². The molecule has 0 bridgehead atoms. The fourth-order valence-corrected chi connectivity index (χ4v) is 12.4. The van der Waals surface area contributed by atoms with E-state index in [9.17, 15) is 0 Å². The molecule has 0 saturated heterocycles. The summed E-state index contributed by atoms with van der Waals surface area (Å²) in [6.07, 6.45) is 3.43. The Bertz CT molecular complexity index is 3990. The zero-order valence-electron chi connectivity index (χ0n) is 42.3. The Labute approximate surface area is 454 Å². The summed E-state index contributed by atoms with van der Waals surface area (Å²) in [4.78, 5) is 2.09. The maximum atomic E-state index is 15.9. The third-order valence-corrected chi connectivity index (χ3v) is 16.0. The highest BCUT2D eigenvalue weighted by Crippen LogP contribution is 2.60. The van der Waals surface area contributed by atoms with Crippen molar-refractivity contribution in [2.75, 3.05) is 4.90 Å². The average Bonchev–Trinajstić information content (AvgIpc) is 4.07. The first-order valence-electron chi connectivity index (χ1n) is 25.8. The van der Waals surface area contributed by atoms with Crippen LogP contribution in [-0.4, -0.2) is 0 Å². The molecule has 13 rings (SSSR count). The van der Waals surface area contributed by atoms with Crippen LogP contribution in [0.2, 0.25) is 0 Å². The second-order valence-corrected chi connectivity index (χ2v) is 20.0. The standard InChI is InChI=1S/C72H45F6N/c1-3-44-21-27-50(28-22-44)71(52-38-65(73)69(77)66(74)39-52)61-19-10-8-17-57(61)59-35-33-55(42-63(59)71)79(54-31-25-47(26-32-54)49-16-12-15-48(37-49)46-13-6-5-7-14-46)56-34-36-60-58-18-9-11-20-62(58)72(64(60)43-56,51-29-23-45(4-2)24-30-51)53-40-67(75)70(78)68(76)41-53/h3-43H,1-2H2. The lowest BCUT2D eigenvalue weighted by atomic mass is 9.67. The van der Waals surface area contributed by atoms with Crippen LogP contribution in [0.5, 0.6) is 0 Å². The summed E-state index contributed by atoms with van der Waals surface area (Å²) in [7, 11) is 0. The number of nitrogens with zero attached hydrogens (tertiary/aromatic N) is 1. The Morgan fingerprint density at radius 3 is 1.09 bits per heavy atom. The SMILES string of the molecule is C=Cc1ccc(C2(c3cc(F)c(F)c(F)c3)c3ccccc3-c3ccc(N(c4ccc(-c5cccc(-c6ccccc6)c5)cc4)c4ccc5c(c4)C(c4ccc(C=C)cc4)(c4cc(F)c(F)c(F)c4)c4ccccc4-5)cc32)cc1. The molecule has 7 heteroatoms. The van der Waals surface area contributed by atoms with Gasteiger partial charge in [0.25, 0.3) is 0 Å². The van der Waals surface area contributed by atoms with Gasteiger partial charge in [-0.1, -0.05) is 195 Å². The predicted octanol–water partition coefficient (Wildman–Crippen LogP) is 19.3. The molecule has 11 aromatic rings. The zero-order chi connectivity index (χ0) is 54.2. The highest BCUT2D eigenvalue weighted by atomic mass is 19.2. The smallest absolute Gasteiger partial charge is 0.194 e. The van der Waals surface area contributed by atoms with E-state index in [-0.39, 0.29) is 11.1 Å². The molecule has 0 amide bonds. The molecule has 2 atom stereocenters. The third-order valence-electron chi connectivity index (χ3n) is 16.0. The summed E-state index contributed by atoms with van der Waals surface area (Å²) in [5.41, 5.74) is 12.9. The van der Waals surface area contributed by atoms with Crippen molar-refractivity contribution in [3.8, 4) is 44.5 Å². The van der Waals surface area contributed by atoms with Gasteiger partial charge in [0, 0.05) is 17.1 Å². The van der Waals surface area contributed by atoms with Gasteiger partial charge in [0.1, 0.15) is 0 Å². The molecule has 0 saturated carbocycles. The van der Waals surface area contributed by atoms with E-state index in [0.717, 1.165) is 96.7 Å². The minimum atomic E-state index is -1.57. The van der Waals surface area contributed by atoms with Gasteiger partial charge in [-0.25, -0.2) is 26.3 Å². The van der Waals surface area contributed by atoms with Crippen LogP contribution in [0.1, 0.15) is 55.6 Å². The number of hydrogen-bond donors (Lipinski definition) is 0. The molecule has 0 spiro atoms. The van der Waals surface area contributed by atoms with Crippen LogP contribution in [0.4, 0.5) is 43.4 Å². The molecule has 380 valence electrons. The van der Waals surface area contributed by atoms with E-state index < -0.39 is 45.7 Å². The highest BCUT2D eigenvalue weighted by molar-refractivity contribution is 5.93. The summed E-state index contributed by atoms with van der Waals surface area (Å²) >= 11 is 0. The summed E-state index contributed by atoms with van der Waals surface area (Å²) in [6, 6.07) is 73.8. The van der Waals surface area contributed by atoms with Gasteiger partial charge in [-0.15, -0.1) is 0 Å². The molecule has 0 radical (unpaired) electrons. The number of halogens is 6. The molecule has 1 nitrogen and oxygen atoms in total. The van der Waals surface area contributed by atoms with Crippen molar-refractivity contribution in [3.63, 3.8) is 0 Å². The number of anilines is 3. The summed E-state index contributed by atoms with van der Waals surface area (Å²) in [6.45, 7) is 7.92. The van der Waals surface area contributed by atoms with E-state index in [2.05, 4.69) is 60.5 Å². The van der Waals surface area contributed by atoms with Gasteiger partial charge in [0.05, 0.1) is 10.8 Å². The summed E-state index contributed by atoms with van der Waals surface area (Å²) in [5.74, 6) is -8.42. The molecular formula is C72H45F6N. The number of rotatable bonds is 11. The maximum Gasteiger partial charge on any atom is 0.194 e. The first-order chi connectivity index (χ1) is 38.5. The number of fused-ring (bicyclic) bond motifs is 6. The Hall–Kier alpha value is -9.72. The topological polar surface area (TPSA) is 3.24 Å². The van der Waals surface area contributed by atoms with Crippen LogP contribution >= 0.6 is 0 Å². The summed E-state index contributed by atoms with van der Waals surface area (Å²) in [5, 5.41) is 0. The molecule has 2 aliphatic rings. The Morgan fingerprint density at radius 2 is 0.658 bits per heavy atom. The second kappa shape index (κ2) is 19.1. The minimum Gasteiger partial charge on any atom is -0.310 e. The Balaban J connectivity index is 1.08. The van der Waals surface area contributed by atoms with Crippen LogP contribution in [-0.2, 0) is 10.8 Å². The second-order valence-electron chi connectivity index (χ2n) is 20.0. The first-order valence-corrected chi connectivity index (χ1v) is 25.8. The largest absolute Gasteiger partial charge is 0.310 e. The van der Waals surface area contributed by atoms with Gasteiger partial charge in [0.2, 0.25) is 0 Å². The van der Waals surface area contributed by atoms with Crippen molar-refractivity contribution < 1.29 is 26.3 Å². The van der Waals surface area contributed by atoms with Crippen molar-refractivity contribution >= 4 is 29.2 Å². The van der Waals surface area contributed by atoms with Crippen molar-refractivity contribution in [2.45, 2.75) is 10.8 Å². The van der Waals surface area contributed by atoms with Gasteiger partial charge >= 0.3 is 0 Å². The maximum absolute atomic E-state index is 15.9. The van der Waals surface area contributed by atoms with Gasteiger partial charge in [0.15, 0.2) is 34.9 Å². The van der Waals surface area contributed by atoms with Gasteiger partial charge in [-0.3, -0.25) is 0 Å². The Morgan fingerprint density at radius 1 is 0.291 bits per heavy atom. The molecule has 2 unspecified atom stereocenters. The molecule has 79 heavy (non-hydrogen) atoms. The van der Waals surface area contributed by atoms with Crippen molar-refractivity contribution in [1.82, 2.24) is 0 Å². The fraction of sp³-hybridized carbons (Fsp3) is 0.0278. The highest BCUT2D eigenvalue weighted by Gasteiger charge is 2.49. The quantitative estimate of drug-likeness (QED) is 0.0922. The predicted molar refractivity (Wildman–Crippen MR) is 307 cm³/mol. The van der Waals surface area contributed by atoms with Crippen LogP contribution in [0.3, 0.4) is 0 Å². The summed E-state index contributed by atoms with van der Waals surface area (Å²) < 4.78 is 93.7. The zero-order valence-corrected chi connectivity index (χ0v) is 42.3. The van der Waals surface area contributed by atoms with E-state index in [4.69, 9.17) is 0 Å². The molecule has 2 aliphatic carbocycles. The lowest BCUT2D eigenvalue weighted by molar-refractivity contribution is 0.443.